The highest BCUT2D eigenvalue weighted by Gasteiger charge is 2.19. The molecule has 0 aromatic heterocycles. The van der Waals surface area contributed by atoms with Crippen molar-refractivity contribution in [3.05, 3.63) is 85.1 Å². The topological polar surface area (TPSA) is 78.9 Å². The Bertz CT molecular complexity index is 1320. The predicted molar refractivity (Wildman–Crippen MR) is 293 cm³/mol. The minimum Gasteiger partial charge on any atom is -0.462 e. The second-order valence-electron chi connectivity index (χ2n) is 18.9. The Morgan fingerprint density at radius 2 is 0.647 bits per heavy atom. The van der Waals surface area contributed by atoms with Gasteiger partial charge in [-0.2, -0.15) is 0 Å². The highest BCUT2D eigenvalue weighted by molar-refractivity contribution is 5.71. The van der Waals surface area contributed by atoms with Crippen LogP contribution in [-0.2, 0) is 28.6 Å². The van der Waals surface area contributed by atoms with Crippen LogP contribution in [0, 0.1) is 0 Å². The van der Waals surface area contributed by atoms with Gasteiger partial charge in [0.15, 0.2) is 6.10 Å². The van der Waals surface area contributed by atoms with Gasteiger partial charge in [0.25, 0.3) is 0 Å². The lowest BCUT2D eigenvalue weighted by Crippen LogP contribution is -2.30. The number of rotatable bonds is 51. The molecule has 0 aromatic rings. The van der Waals surface area contributed by atoms with E-state index in [9.17, 15) is 14.4 Å². The van der Waals surface area contributed by atoms with Crippen molar-refractivity contribution in [3.8, 4) is 0 Å². The highest BCUT2D eigenvalue weighted by atomic mass is 16.6. The Labute approximate surface area is 420 Å². The van der Waals surface area contributed by atoms with Crippen molar-refractivity contribution < 1.29 is 28.6 Å². The molecule has 6 heteroatoms. The number of carbonyl (C=O) groups excluding carboxylic acids is 3. The van der Waals surface area contributed by atoms with Crippen molar-refractivity contribution in [2.24, 2.45) is 0 Å². The Balaban J connectivity index is 4.49. The lowest BCUT2D eigenvalue weighted by Gasteiger charge is -2.18. The van der Waals surface area contributed by atoms with Crippen LogP contribution in [0.4, 0.5) is 0 Å². The van der Waals surface area contributed by atoms with Crippen LogP contribution in [0.2, 0.25) is 0 Å². The van der Waals surface area contributed by atoms with Gasteiger partial charge in [-0.3, -0.25) is 14.4 Å². The lowest BCUT2D eigenvalue weighted by molar-refractivity contribution is -0.166. The van der Waals surface area contributed by atoms with Crippen LogP contribution in [0.25, 0.3) is 0 Å². The van der Waals surface area contributed by atoms with Crippen molar-refractivity contribution in [3.63, 3.8) is 0 Å². The van der Waals surface area contributed by atoms with Gasteiger partial charge in [0, 0.05) is 19.3 Å². The summed E-state index contributed by atoms with van der Waals surface area (Å²) >= 11 is 0. The summed E-state index contributed by atoms with van der Waals surface area (Å²) in [6, 6.07) is 0. The summed E-state index contributed by atoms with van der Waals surface area (Å²) in [6.45, 7) is 6.46. The maximum Gasteiger partial charge on any atom is 0.306 e. The van der Waals surface area contributed by atoms with Crippen LogP contribution >= 0.6 is 0 Å². The third-order valence-corrected chi connectivity index (χ3v) is 12.2. The number of carbonyl (C=O) groups is 3. The van der Waals surface area contributed by atoms with Gasteiger partial charge >= 0.3 is 17.9 Å². The first-order chi connectivity index (χ1) is 33.5. The lowest BCUT2D eigenvalue weighted by atomic mass is 10.0. The molecule has 0 N–H and O–H groups in total. The molecular formula is C62H106O6. The molecule has 0 aliphatic rings. The summed E-state index contributed by atoms with van der Waals surface area (Å²) in [5.41, 5.74) is 0. The number of hydrogen-bond donors (Lipinski definition) is 0. The molecule has 0 aliphatic heterocycles. The van der Waals surface area contributed by atoms with Crippen LogP contribution in [0.15, 0.2) is 85.1 Å². The van der Waals surface area contributed by atoms with Gasteiger partial charge in [-0.25, -0.2) is 0 Å². The molecule has 0 rings (SSSR count). The van der Waals surface area contributed by atoms with Gasteiger partial charge in [-0.1, -0.05) is 260 Å². The minimum absolute atomic E-state index is 0.109. The first kappa shape index (κ1) is 64.6. The van der Waals surface area contributed by atoms with Crippen molar-refractivity contribution >= 4 is 17.9 Å². The molecule has 0 radical (unpaired) electrons. The smallest absolute Gasteiger partial charge is 0.306 e. The maximum absolute atomic E-state index is 12.8. The Morgan fingerprint density at radius 3 is 1.01 bits per heavy atom. The summed E-state index contributed by atoms with van der Waals surface area (Å²) < 4.78 is 16.8. The quantitative estimate of drug-likeness (QED) is 0.0199. The second-order valence-corrected chi connectivity index (χ2v) is 18.9. The normalized spacial score (nSPS) is 12.7. The number of allylic oxidation sites excluding steroid dienone is 14. The molecule has 0 saturated carbocycles. The van der Waals surface area contributed by atoms with Gasteiger partial charge in [0.2, 0.25) is 0 Å². The Morgan fingerprint density at radius 1 is 0.324 bits per heavy atom. The van der Waals surface area contributed by atoms with E-state index in [4.69, 9.17) is 14.2 Å². The zero-order chi connectivity index (χ0) is 49.3. The van der Waals surface area contributed by atoms with E-state index in [1.165, 1.54) is 135 Å². The SMILES string of the molecule is CC/C=C\C/C=C\C/C=C\C/C=C\C/C=C\CCC(=O)OC(COC(=O)CCCCCCC/C=C\C=C/CCCCCCCCC)COC(=O)CCCCCCCCCCCCCCCCCC. The number of ether oxygens (including phenoxy) is 3. The molecular weight excluding hydrogens is 841 g/mol. The van der Waals surface area contributed by atoms with E-state index < -0.39 is 12.1 Å². The van der Waals surface area contributed by atoms with E-state index in [0.29, 0.717) is 19.3 Å². The number of unbranched alkanes of at least 4 members (excludes halogenated alkanes) is 27. The average molecular weight is 948 g/mol. The fourth-order valence-electron chi connectivity index (χ4n) is 7.90. The van der Waals surface area contributed by atoms with E-state index in [2.05, 4.69) is 99.8 Å². The van der Waals surface area contributed by atoms with Gasteiger partial charge in [0.1, 0.15) is 13.2 Å². The molecule has 0 amide bonds. The molecule has 0 saturated heterocycles. The number of esters is 3. The standard InChI is InChI=1S/C62H106O6/c1-4-7-10-13-16-19-22-25-28-31-32-35-37-40-43-46-49-52-55-61(64)67-58-59(68-62(65)56-53-50-47-44-41-38-34-30-27-24-21-18-15-12-9-6-3)57-66-60(63)54-51-48-45-42-39-36-33-29-26-23-20-17-14-11-8-5-2/h9,12,18,21,27-28,30-32,35,38,41,47,50,59H,4-8,10-11,13-17,19-20,22-26,29,33-34,36-37,39-40,42-46,48-49,51-58H2,1-3H3/b12-9-,21-18-,30-27-,31-28-,35-32-,41-38-,50-47-. The van der Waals surface area contributed by atoms with Gasteiger partial charge in [0.05, 0.1) is 0 Å². The van der Waals surface area contributed by atoms with E-state index >= 15 is 0 Å². The molecule has 0 bridgehead atoms. The van der Waals surface area contributed by atoms with Crippen LogP contribution in [0.3, 0.4) is 0 Å². The van der Waals surface area contributed by atoms with Crippen LogP contribution in [0.1, 0.15) is 271 Å². The van der Waals surface area contributed by atoms with E-state index in [1.54, 1.807) is 0 Å². The summed E-state index contributed by atoms with van der Waals surface area (Å²) in [5, 5.41) is 0. The third-order valence-electron chi connectivity index (χ3n) is 12.2. The fourth-order valence-corrected chi connectivity index (χ4v) is 7.90. The fraction of sp³-hybridized carbons (Fsp3) is 0.726. The highest BCUT2D eigenvalue weighted by Crippen LogP contribution is 2.15. The maximum atomic E-state index is 12.8. The van der Waals surface area contributed by atoms with Crippen molar-refractivity contribution in [1.29, 1.82) is 0 Å². The predicted octanol–water partition coefficient (Wildman–Crippen LogP) is 19.2. The van der Waals surface area contributed by atoms with E-state index in [1.807, 2.05) is 6.08 Å². The van der Waals surface area contributed by atoms with E-state index in [-0.39, 0.29) is 31.6 Å². The zero-order valence-electron chi connectivity index (χ0n) is 44.6. The monoisotopic (exact) mass is 947 g/mol. The minimum atomic E-state index is -0.822. The molecule has 0 fully saturated rings. The summed E-state index contributed by atoms with van der Waals surface area (Å²) in [7, 11) is 0. The van der Waals surface area contributed by atoms with E-state index in [0.717, 1.165) is 89.9 Å². The summed E-state index contributed by atoms with van der Waals surface area (Å²) in [6.07, 6.45) is 73.0. The molecule has 0 aliphatic carbocycles. The first-order valence-corrected chi connectivity index (χ1v) is 28.6. The largest absolute Gasteiger partial charge is 0.462 e. The van der Waals surface area contributed by atoms with Gasteiger partial charge < -0.3 is 14.2 Å². The zero-order valence-corrected chi connectivity index (χ0v) is 44.6. The summed E-state index contributed by atoms with van der Waals surface area (Å²) in [4.78, 5) is 38.1. The second kappa shape index (κ2) is 56.2. The van der Waals surface area contributed by atoms with Crippen LogP contribution < -0.4 is 0 Å². The van der Waals surface area contributed by atoms with Crippen molar-refractivity contribution in [2.45, 2.75) is 277 Å². The molecule has 0 heterocycles. The molecule has 6 nitrogen and oxygen atoms in total. The van der Waals surface area contributed by atoms with Crippen LogP contribution in [-0.4, -0.2) is 37.2 Å². The van der Waals surface area contributed by atoms with Gasteiger partial charge in [-0.15, -0.1) is 0 Å². The van der Waals surface area contributed by atoms with Crippen molar-refractivity contribution in [2.75, 3.05) is 13.2 Å². The van der Waals surface area contributed by atoms with Crippen LogP contribution in [0.5, 0.6) is 0 Å². The van der Waals surface area contributed by atoms with Crippen molar-refractivity contribution in [1.82, 2.24) is 0 Å². The number of hydrogen-bond acceptors (Lipinski definition) is 6. The Kier molecular flexibility index (Phi) is 53.4. The average Bonchev–Trinajstić information content (AvgIpc) is 3.34. The third kappa shape index (κ3) is 53.5. The Hall–Kier alpha value is -3.41. The molecule has 0 aromatic carbocycles. The first-order valence-electron chi connectivity index (χ1n) is 28.6. The molecule has 1 unspecified atom stereocenters. The molecule has 390 valence electrons. The molecule has 1 atom stereocenters. The molecule has 68 heavy (non-hydrogen) atoms. The molecule has 0 spiro atoms. The van der Waals surface area contributed by atoms with Gasteiger partial charge in [-0.05, 0) is 77.0 Å². The summed E-state index contributed by atoms with van der Waals surface area (Å²) in [5.74, 6) is -1.00.